The van der Waals surface area contributed by atoms with E-state index in [-0.39, 0.29) is 23.9 Å². The van der Waals surface area contributed by atoms with Crippen molar-refractivity contribution >= 4 is 5.78 Å². The van der Waals surface area contributed by atoms with Gasteiger partial charge in [-0.3, -0.25) is 4.79 Å². The first-order chi connectivity index (χ1) is 10.6. The molecule has 8 unspecified atom stereocenters. The molecule has 0 aromatic carbocycles. The van der Waals surface area contributed by atoms with Gasteiger partial charge >= 0.3 is 0 Å². The molecule has 1 rings (SSSR count). The molecule has 0 radical (unpaired) electrons. The van der Waals surface area contributed by atoms with Crippen molar-refractivity contribution in [3.63, 3.8) is 0 Å². The second kappa shape index (κ2) is 8.73. The lowest BCUT2D eigenvalue weighted by Gasteiger charge is -2.33. The molecular weight excluding hydrogens is 296 g/mol. The molecule has 8 atom stereocenters. The van der Waals surface area contributed by atoms with Crippen LogP contribution in [0.5, 0.6) is 0 Å². The summed E-state index contributed by atoms with van der Waals surface area (Å²) < 4.78 is 0. The first kappa shape index (κ1) is 20.0. The Bertz CT molecular complexity index is 441. The first-order valence-electron chi connectivity index (χ1n) is 8.27. The molecule has 0 fully saturated rings. The summed E-state index contributed by atoms with van der Waals surface area (Å²) >= 11 is 0. The predicted octanol–water partition coefficient (Wildman–Crippen LogP) is 1.06. The SMILES string of the molecule is CC(C=CC1C=CC(O)C(O)C1C(=O)C(C)O)CC(C)C(C)O. The van der Waals surface area contributed by atoms with Crippen LogP contribution in [0.15, 0.2) is 24.3 Å². The van der Waals surface area contributed by atoms with Crippen LogP contribution in [0.2, 0.25) is 0 Å². The number of hydrogen-bond acceptors (Lipinski definition) is 5. The molecule has 132 valence electrons. The van der Waals surface area contributed by atoms with Gasteiger partial charge in [-0.25, -0.2) is 0 Å². The first-order valence-corrected chi connectivity index (χ1v) is 8.27. The number of Topliss-reactive ketones (excluding diaryl/α,β-unsaturated/α-hetero) is 1. The molecule has 0 heterocycles. The highest BCUT2D eigenvalue weighted by molar-refractivity contribution is 5.86. The summed E-state index contributed by atoms with van der Waals surface area (Å²) in [5.41, 5.74) is 0. The maximum absolute atomic E-state index is 12.2. The topological polar surface area (TPSA) is 98.0 Å². The van der Waals surface area contributed by atoms with Gasteiger partial charge in [-0.15, -0.1) is 0 Å². The van der Waals surface area contributed by atoms with Crippen molar-refractivity contribution in [2.24, 2.45) is 23.7 Å². The molecule has 4 N–H and O–H groups in total. The lowest BCUT2D eigenvalue weighted by Crippen LogP contribution is -2.46. The molecule has 1 aliphatic carbocycles. The summed E-state index contributed by atoms with van der Waals surface area (Å²) in [6.45, 7) is 7.14. The van der Waals surface area contributed by atoms with E-state index in [1.165, 1.54) is 13.0 Å². The number of carbonyl (C=O) groups excluding carboxylic acids is 1. The van der Waals surface area contributed by atoms with Crippen molar-refractivity contribution < 1.29 is 25.2 Å². The van der Waals surface area contributed by atoms with E-state index in [2.05, 4.69) is 0 Å². The standard InChI is InChI=1S/C18H30O5/c1-10(9-11(2)12(3)19)5-6-14-7-8-15(21)18(23)16(14)17(22)13(4)20/h5-8,10-16,18-21,23H,9H2,1-4H3. The Morgan fingerprint density at radius 2 is 1.74 bits per heavy atom. The highest BCUT2D eigenvalue weighted by Gasteiger charge is 2.39. The van der Waals surface area contributed by atoms with E-state index in [1.54, 1.807) is 13.0 Å². The Morgan fingerprint density at radius 1 is 1.13 bits per heavy atom. The number of ketones is 1. The van der Waals surface area contributed by atoms with Crippen LogP contribution in [-0.2, 0) is 4.79 Å². The van der Waals surface area contributed by atoms with Crippen LogP contribution in [0.4, 0.5) is 0 Å². The Hall–Kier alpha value is -1.01. The maximum Gasteiger partial charge on any atom is 0.167 e. The number of carbonyl (C=O) groups is 1. The van der Waals surface area contributed by atoms with E-state index in [0.29, 0.717) is 0 Å². The zero-order valence-electron chi connectivity index (χ0n) is 14.3. The minimum atomic E-state index is -1.22. The third-order valence-electron chi connectivity index (χ3n) is 4.63. The van der Waals surface area contributed by atoms with Gasteiger partial charge in [-0.05, 0) is 32.1 Å². The second-order valence-corrected chi connectivity index (χ2v) is 6.86. The summed E-state index contributed by atoms with van der Waals surface area (Å²) in [4.78, 5) is 12.2. The van der Waals surface area contributed by atoms with Crippen LogP contribution in [0.3, 0.4) is 0 Å². The molecule has 0 amide bonds. The Morgan fingerprint density at radius 3 is 2.26 bits per heavy atom. The van der Waals surface area contributed by atoms with Crippen molar-refractivity contribution in [2.45, 2.75) is 58.5 Å². The third kappa shape index (κ3) is 5.53. The van der Waals surface area contributed by atoms with E-state index >= 15 is 0 Å². The molecule has 5 heteroatoms. The average Bonchev–Trinajstić information content (AvgIpc) is 2.47. The highest BCUT2D eigenvalue weighted by Crippen LogP contribution is 2.29. The van der Waals surface area contributed by atoms with Gasteiger partial charge in [0.05, 0.1) is 24.2 Å². The number of aliphatic hydroxyl groups is 4. The van der Waals surface area contributed by atoms with Gasteiger partial charge < -0.3 is 20.4 Å². The van der Waals surface area contributed by atoms with Gasteiger partial charge in [-0.1, -0.05) is 38.2 Å². The van der Waals surface area contributed by atoms with E-state index in [4.69, 9.17) is 0 Å². The zero-order chi connectivity index (χ0) is 17.7. The molecule has 0 aliphatic heterocycles. The molecule has 0 saturated heterocycles. The van der Waals surface area contributed by atoms with Gasteiger partial charge in [0.2, 0.25) is 0 Å². The molecule has 0 aromatic heterocycles. The number of rotatable bonds is 7. The number of aliphatic hydroxyl groups excluding tert-OH is 4. The van der Waals surface area contributed by atoms with Gasteiger partial charge in [0.15, 0.2) is 5.78 Å². The highest BCUT2D eigenvalue weighted by atomic mass is 16.3. The van der Waals surface area contributed by atoms with Crippen LogP contribution in [0.1, 0.15) is 34.1 Å². The molecule has 0 spiro atoms. The van der Waals surface area contributed by atoms with Gasteiger partial charge in [0.25, 0.3) is 0 Å². The van der Waals surface area contributed by atoms with Crippen molar-refractivity contribution in [3.05, 3.63) is 24.3 Å². The Kier molecular flexibility index (Phi) is 7.61. The Labute approximate surface area is 138 Å². The third-order valence-corrected chi connectivity index (χ3v) is 4.63. The van der Waals surface area contributed by atoms with E-state index in [1.807, 2.05) is 26.0 Å². The summed E-state index contributed by atoms with van der Waals surface area (Å²) in [5, 5.41) is 38.9. The summed E-state index contributed by atoms with van der Waals surface area (Å²) in [6.07, 6.45) is 3.92. The van der Waals surface area contributed by atoms with Crippen LogP contribution in [-0.4, -0.2) is 50.6 Å². The van der Waals surface area contributed by atoms with Gasteiger partial charge in [0, 0.05) is 5.92 Å². The fraction of sp³-hybridized carbons (Fsp3) is 0.722. The quantitative estimate of drug-likeness (QED) is 0.525. The summed E-state index contributed by atoms with van der Waals surface area (Å²) in [5.74, 6) is -1.31. The van der Waals surface area contributed by atoms with E-state index in [0.717, 1.165) is 6.42 Å². The van der Waals surface area contributed by atoms with Crippen molar-refractivity contribution in [1.82, 2.24) is 0 Å². The molecule has 0 bridgehead atoms. The molecule has 0 aromatic rings. The fourth-order valence-electron chi connectivity index (χ4n) is 2.92. The smallest absolute Gasteiger partial charge is 0.167 e. The molecule has 1 aliphatic rings. The molecule has 23 heavy (non-hydrogen) atoms. The average molecular weight is 326 g/mol. The van der Waals surface area contributed by atoms with Crippen LogP contribution in [0.25, 0.3) is 0 Å². The summed E-state index contributed by atoms with van der Waals surface area (Å²) in [6, 6.07) is 0. The van der Waals surface area contributed by atoms with Gasteiger partial charge in [-0.2, -0.15) is 0 Å². The largest absolute Gasteiger partial charge is 0.393 e. The van der Waals surface area contributed by atoms with E-state index in [9.17, 15) is 25.2 Å². The molecule has 0 saturated carbocycles. The van der Waals surface area contributed by atoms with Crippen molar-refractivity contribution in [1.29, 1.82) is 0 Å². The van der Waals surface area contributed by atoms with Crippen LogP contribution >= 0.6 is 0 Å². The monoisotopic (exact) mass is 326 g/mol. The molecule has 5 nitrogen and oxygen atoms in total. The fourth-order valence-corrected chi connectivity index (χ4v) is 2.92. The zero-order valence-corrected chi connectivity index (χ0v) is 14.3. The minimum Gasteiger partial charge on any atom is -0.393 e. The predicted molar refractivity (Wildman–Crippen MR) is 88.6 cm³/mol. The maximum atomic E-state index is 12.2. The lowest BCUT2D eigenvalue weighted by molar-refractivity contribution is -0.138. The Balaban J connectivity index is 2.84. The normalized spacial score (nSPS) is 33.4. The van der Waals surface area contributed by atoms with Crippen molar-refractivity contribution in [2.75, 3.05) is 0 Å². The molecular formula is C18H30O5. The minimum absolute atomic E-state index is 0.166. The number of allylic oxidation sites excluding steroid dienone is 3. The number of hydrogen-bond donors (Lipinski definition) is 4. The lowest BCUT2D eigenvalue weighted by atomic mass is 9.76. The van der Waals surface area contributed by atoms with E-state index < -0.39 is 30.0 Å². The van der Waals surface area contributed by atoms with Crippen LogP contribution in [0, 0.1) is 23.7 Å². The van der Waals surface area contributed by atoms with Crippen molar-refractivity contribution in [3.8, 4) is 0 Å². The second-order valence-electron chi connectivity index (χ2n) is 6.86. The van der Waals surface area contributed by atoms with Gasteiger partial charge in [0.1, 0.15) is 6.10 Å². The van der Waals surface area contributed by atoms with Crippen LogP contribution < -0.4 is 0 Å². The summed E-state index contributed by atoms with van der Waals surface area (Å²) in [7, 11) is 0.